The van der Waals surface area contributed by atoms with Crippen LogP contribution in [0, 0.1) is 0 Å². The lowest BCUT2D eigenvalue weighted by Crippen LogP contribution is -2.15. The van der Waals surface area contributed by atoms with Gasteiger partial charge in [-0.05, 0) is 29.8 Å². The van der Waals surface area contributed by atoms with E-state index in [1.54, 1.807) is 18.0 Å². The fraction of sp³-hybridized carbons (Fsp3) is 0.214. The van der Waals surface area contributed by atoms with Crippen LogP contribution in [0.5, 0.6) is 11.5 Å². The maximum absolute atomic E-state index is 5.60. The SMILES string of the molecule is Brc1cc2c(cc1CSc1ccccn1)OCCO2. The van der Waals surface area contributed by atoms with Crippen molar-refractivity contribution in [2.24, 2.45) is 0 Å². The number of nitrogens with zero attached hydrogens (tertiary/aromatic N) is 1. The first-order valence-corrected chi connectivity index (χ1v) is 7.72. The van der Waals surface area contributed by atoms with Gasteiger partial charge in [0.2, 0.25) is 0 Å². The third kappa shape index (κ3) is 3.04. The van der Waals surface area contributed by atoms with Gasteiger partial charge in [0.05, 0.1) is 5.03 Å². The van der Waals surface area contributed by atoms with Gasteiger partial charge in [0.1, 0.15) is 13.2 Å². The van der Waals surface area contributed by atoms with Crippen LogP contribution >= 0.6 is 27.7 Å². The maximum Gasteiger partial charge on any atom is 0.162 e. The molecule has 0 amide bonds. The summed E-state index contributed by atoms with van der Waals surface area (Å²) >= 11 is 5.28. The molecule has 3 rings (SSSR count). The van der Waals surface area contributed by atoms with Crippen molar-refractivity contribution in [1.82, 2.24) is 4.98 Å². The van der Waals surface area contributed by atoms with Gasteiger partial charge in [0, 0.05) is 16.4 Å². The minimum Gasteiger partial charge on any atom is -0.486 e. The summed E-state index contributed by atoms with van der Waals surface area (Å²) in [5.41, 5.74) is 1.18. The topological polar surface area (TPSA) is 31.4 Å². The molecule has 0 aliphatic carbocycles. The first-order chi connectivity index (χ1) is 9.33. The highest BCUT2D eigenvalue weighted by Gasteiger charge is 2.14. The number of halogens is 1. The normalized spacial score (nSPS) is 13.3. The monoisotopic (exact) mass is 337 g/mol. The van der Waals surface area contributed by atoms with Gasteiger partial charge in [-0.2, -0.15) is 0 Å². The molecule has 0 bridgehead atoms. The Labute approximate surface area is 124 Å². The van der Waals surface area contributed by atoms with E-state index < -0.39 is 0 Å². The predicted molar refractivity (Wildman–Crippen MR) is 78.9 cm³/mol. The second kappa shape index (κ2) is 5.84. The molecule has 0 fully saturated rings. The third-order valence-electron chi connectivity index (χ3n) is 2.72. The number of aromatic nitrogens is 1. The zero-order valence-corrected chi connectivity index (χ0v) is 12.5. The number of hydrogen-bond acceptors (Lipinski definition) is 4. The number of hydrogen-bond donors (Lipinski definition) is 0. The Balaban J connectivity index is 1.77. The van der Waals surface area contributed by atoms with E-state index in [1.165, 1.54) is 5.56 Å². The smallest absolute Gasteiger partial charge is 0.162 e. The molecule has 1 aromatic carbocycles. The van der Waals surface area contributed by atoms with E-state index >= 15 is 0 Å². The summed E-state index contributed by atoms with van der Waals surface area (Å²) in [4.78, 5) is 4.30. The van der Waals surface area contributed by atoms with Crippen molar-refractivity contribution >= 4 is 27.7 Å². The van der Waals surface area contributed by atoms with E-state index in [-0.39, 0.29) is 0 Å². The second-order valence-electron chi connectivity index (χ2n) is 4.04. The first-order valence-electron chi connectivity index (χ1n) is 5.95. The zero-order valence-electron chi connectivity index (χ0n) is 10.1. The van der Waals surface area contributed by atoms with Gasteiger partial charge in [0.25, 0.3) is 0 Å². The molecule has 2 aromatic rings. The molecule has 0 spiro atoms. The highest BCUT2D eigenvalue weighted by molar-refractivity contribution is 9.10. The van der Waals surface area contributed by atoms with E-state index in [9.17, 15) is 0 Å². The molecule has 0 N–H and O–H groups in total. The van der Waals surface area contributed by atoms with Crippen LogP contribution in [0.2, 0.25) is 0 Å². The second-order valence-corrected chi connectivity index (χ2v) is 5.89. The fourth-order valence-corrected chi connectivity index (χ4v) is 3.30. The van der Waals surface area contributed by atoms with Crippen molar-refractivity contribution in [3.05, 3.63) is 46.6 Å². The molecule has 0 unspecified atom stereocenters. The van der Waals surface area contributed by atoms with E-state index in [2.05, 4.69) is 20.9 Å². The lowest BCUT2D eigenvalue weighted by molar-refractivity contribution is 0.171. The van der Waals surface area contributed by atoms with Gasteiger partial charge < -0.3 is 9.47 Å². The lowest BCUT2D eigenvalue weighted by atomic mass is 10.2. The van der Waals surface area contributed by atoms with Crippen LogP contribution in [-0.2, 0) is 5.75 Å². The van der Waals surface area contributed by atoms with Crippen molar-refractivity contribution in [1.29, 1.82) is 0 Å². The Morgan fingerprint density at radius 3 is 2.68 bits per heavy atom. The van der Waals surface area contributed by atoms with Crippen molar-refractivity contribution in [3.63, 3.8) is 0 Å². The Morgan fingerprint density at radius 1 is 1.16 bits per heavy atom. The molecule has 1 aromatic heterocycles. The first kappa shape index (κ1) is 12.8. The number of pyridine rings is 1. The Morgan fingerprint density at radius 2 is 1.95 bits per heavy atom. The molecule has 2 heterocycles. The van der Waals surface area contributed by atoms with Crippen LogP contribution in [0.15, 0.2) is 46.0 Å². The lowest BCUT2D eigenvalue weighted by Gasteiger charge is -2.19. The third-order valence-corrected chi connectivity index (χ3v) is 4.46. The number of benzene rings is 1. The number of rotatable bonds is 3. The number of thioether (sulfide) groups is 1. The minimum atomic E-state index is 0.613. The van der Waals surface area contributed by atoms with Gasteiger partial charge in [-0.15, -0.1) is 11.8 Å². The summed E-state index contributed by atoms with van der Waals surface area (Å²) in [5, 5.41) is 1.02. The molecule has 0 saturated carbocycles. The number of ether oxygens (including phenoxy) is 2. The predicted octanol–water partition coefficient (Wildman–Crippen LogP) is 3.91. The van der Waals surface area contributed by atoms with Gasteiger partial charge in [-0.1, -0.05) is 22.0 Å². The van der Waals surface area contributed by atoms with Crippen LogP contribution in [0.3, 0.4) is 0 Å². The summed E-state index contributed by atoms with van der Waals surface area (Å²) in [6, 6.07) is 9.94. The van der Waals surface area contributed by atoms with Gasteiger partial charge in [-0.25, -0.2) is 4.98 Å². The summed E-state index contributed by atoms with van der Waals surface area (Å²) in [7, 11) is 0. The van der Waals surface area contributed by atoms with Gasteiger partial charge >= 0.3 is 0 Å². The van der Waals surface area contributed by atoms with Crippen molar-refractivity contribution in [2.75, 3.05) is 13.2 Å². The summed E-state index contributed by atoms with van der Waals surface area (Å²) in [6.07, 6.45) is 1.81. The van der Waals surface area contributed by atoms with Gasteiger partial charge in [-0.3, -0.25) is 0 Å². The molecule has 0 atom stereocenters. The van der Waals surface area contributed by atoms with Crippen molar-refractivity contribution in [3.8, 4) is 11.5 Å². The van der Waals surface area contributed by atoms with Crippen LogP contribution in [0.1, 0.15) is 5.56 Å². The molecule has 1 aliphatic heterocycles. The molecule has 1 aliphatic rings. The van der Waals surface area contributed by atoms with Crippen LogP contribution < -0.4 is 9.47 Å². The Kier molecular flexibility index (Phi) is 3.94. The quantitative estimate of drug-likeness (QED) is 0.794. The van der Waals surface area contributed by atoms with Crippen molar-refractivity contribution in [2.45, 2.75) is 10.8 Å². The molecule has 0 saturated heterocycles. The fourth-order valence-electron chi connectivity index (χ4n) is 1.80. The maximum atomic E-state index is 5.60. The largest absolute Gasteiger partial charge is 0.486 e. The van der Waals surface area contributed by atoms with Crippen LogP contribution in [0.4, 0.5) is 0 Å². The highest BCUT2D eigenvalue weighted by Crippen LogP contribution is 2.37. The average molecular weight is 338 g/mol. The van der Waals surface area contributed by atoms with Crippen LogP contribution in [0.25, 0.3) is 0 Å². The molecule has 3 nitrogen and oxygen atoms in total. The average Bonchev–Trinajstić information content (AvgIpc) is 2.46. The van der Waals surface area contributed by atoms with Gasteiger partial charge in [0.15, 0.2) is 11.5 Å². The summed E-state index contributed by atoms with van der Waals surface area (Å²) in [5.74, 6) is 2.48. The van der Waals surface area contributed by atoms with E-state index in [0.29, 0.717) is 13.2 Å². The molecular formula is C14H12BrNO2S. The van der Waals surface area contributed by atoms with Crippen molar-refractivity contribution < 1.29 is 9.47 Å². The molecular weight excluding hydrogens is 326 g/mol. The minimum absolute atomic E-state index is 0.613. The number of fused-ring (bicyclic) bond motifs is 1. The molecule has 0 radical (unpaired) electrons. The standard InChI is InChI=1S/C14H12BrNO2S/c15-11-8-13-12(17-5-6-18-13)7-10(11)9-19-14-3-1-2-4-16-14/h1-4,7-8H,5-6,9H2. The van der Waals surface area contributed by atoms with E-state index in [0.717, 1.165) is 26.8 Å². The van der Waals surface area contributed by atoms with Crippen LogP contribution in [-0.4, -0.2) is 18.2 Å². The zero-order chi connectivity index (χ0) is 13.1. The van der Waals surface area contributed by atoms with E-state index in [1.807, 2.05) is 30.3 Å². The summed E-state index contributed by atoms with van der Waals surface area (Å²) in [6.45, 7) is 1.23. The Hall–Kier alpha value is -1.20. The molecule has 5 heteroatoms. The molecule has 98 valence electrons. The van der Waals surface area contributed by atoms with E-state index in [4.69, 9.17) is 9.47 Å². The highest BCUT2D eigenvalue weighted by atomic mass is 79.9. The molecule has 19 heavy (non-hydrogen) atoms. The summed E-state index contributed by atoms with van der Waals surface area (Å²) < 4.78 is 12.2. The Bertz CT molecular complexity index is 577.